The predicted molar refractivity (Wildman–Crippen MR) is 153 cm³/mol. The Balaban J connectivity index is 1.29. The number of hydrogen-bond acceptors (Lipinski definition) is 4. The van der Waals surface area contributed by atoms with Crippen LogP contribution in [0.5, 0.6) is 0 Å². The van der Waals surface area contributed by atoms with Gasteiger partial charge in [0.1, 0.15) is 0 Å². The highest BCUT2D eigenvalue weighted by Crippen LogP contribution is 2.49. The average Bonchev–Trinajstić information content (AvgIpc) is 3.30. The van der Waals surface area contributed by atoms with Gasteiger partial charge in [0.25, 0.3) is 0 Å². The van der Waals surface area contributed by atoms with Gasteiger partial charge in [0, 0.05) is 66.0 Å². The molecule has 5 nitrogen and oxygen atoms in total. The summed E-state index contributed by atoms with van der Waals surface area (Å²) in [4.78, 5) is 31.4. The van der Waals surface area contributed by atoms with E-state index in [1.54, 1.807) is 0 Å². The van der Waals surface area contributed by atoms with Crippen LogP contribution in [0.15, 0.2) is 47.2 Å². The molecule has 1 aromatic carbocycles. The minimum absolute atomic E-state index is 0.101. The van der Waals surface area contributed by atoms with E-state index in [-0.39, 0.29) is 29.1 Å². The molecule has 0 radical (unpaired) electrons. The summed E-state index contributed by atoms with van der Waals surface area (Å²) < 4.78 is 0. The average molecular weight is 514 g/mol. The van der Waals surface area contributed by atoms with E-state index in [4.69, 9.17) is 0 Å². The standard InChI is InChI=1S/C33H43N3O2/c1-6-20(3)23-11-12-24-27(18-23)34-31-29(24)30(37)25-17-21(7-2)28(19-26(25)33(31,4)5)35-13-15-36(16-14-35)32(38)22-9-8-10-22/h11-12,17-20,22,24,27,34H,6-10,13-16H2,1-5H3. The second-order valence-electron chi connectivity index (χ2n) is 12.6. The number of aryl methyl sites for hydroxylation is 1. The number of carbonyl (C=O) groups is 2. The summed E-state index contributed by atoms with van der Waals surface area (Å²) in [5.74, 6) is 1.43. The van der Waals surface area contributed by atoms with Gasteiger partial charge in [-0.25, -0.2) is 0 Å². The topological polar surface area (TPSA) is 52.7 Å². The summed E-state index contributed by atoms with van der Waals surface area (Å²) in [7, 11) is 0. The van der Waals surface area contributed by atoms with Gasteiger partial charge in [0.05, 0.1) is 6.04 Å². The number of anilines is 1. The highest BCUT2D eigenvalue weighted by molar-refractivity contribution is 6.13. The smallest absolute Gasteiger partial charge is 0.225 e. The number of nitrogens with one attached hydrogen (secondary N) is 1. The van der Waals surface area contributed by atoms with Crippen LogP contribution in [-0.2, 0) is 16.6 Å². The maximum absolute atomic E-state index is 14.1. The predicted octanol–water partition coefficient (Wildman–Crippen LogP) is 5.56. The Bertz CT molecular complexity index is 1260. The number of amides is 1. The zero-order valence-electron chi connectivity index (χ0n) is 23.8. The van der Waals surface area contributed by atoms with Crippen molar-refractivity contribution >= 4 is 17.4 Å². The summed E-state index contributed by atoms with van der Waals surface area (Å²) in [6.45, 7) is 14.5. The zero-order chi connectivity index (χ0) is 26.8. The molecule has 2 fully saturated rings. The lowest BCUT2D eigenvalue weighted by Crippen LogP contribution is -2.51. The van der Waals surface area contributed by atoms with Crippen LogP contribution in [0.4, 0.5) is 5.69 Å². The van der Waals surface area contributed by atoms with E-state index in [1.807, 2.05) is 0 Å². The Hall–Kier alpha value is -2.82. The molecule has 1 aromatic rings. The first kappa shape index (κ1) is 25.5. The fourth-order valence-corrected chi connectivity index (χ4v) is 7.14. The van der Waals surface area contributed by atoms with Crippen molar-refractivity contribution in [2.75, 3.05) is 31.1 Å². The first-order valence-corrected chi connectivity index (χ1v) is 14.9. The second kappa shape index (κ2) is 9.43. The van der Waals surface area contributed by atoms with E-state index in [0.717, 1.165) is 74.3 Å². The van der Waals surface area contributed by atoms with Gasteiger partial charge in [0.15, 0.2) is 5.78 Å². The molecule has 2 aliphatic heterocycles. The van der Waals surface area contributed by atoms with E-state index in [1.165, 1.54) is 23.2 Å². The van der Waals surface area contributed by atoms with E-state index in [9.17, 15) is 9.59 Å². The monoisotopic (exact) mass is 513 g/mol. The van der Waals surface area contributed by atoms with Gasteiger partial charge in [-0.15, -0.1) is 0 Å². The van der Waals surface area contributed by atoms with Gasteiger partial charge in [-0.05, 0) is 60.4 Å². The molecule has 5 heteroatoms. The Morgan fingerprint density at radius 3 is 2.50 bits per heavy atom. The van der Waals surface area contributed by atoms with E-state index in [2.05, 4.69) is 80.1 Å². The van der Waals surface area contributed by atoms with Crippen molar-refractivity contribution in [2.45, 2.75) is 78.2 Å². The molecule has 0 aromatic heterocycles. The normalized spacial score (nSPS) is 26.8. The fraction of sp³-hybridized carbons (Fsp3) is 0.576. The number of ketones is 1. The molecule has 6 rings (SSSR count). The second-order valence-corrected chi connectivity index (χ2v) is 12.6. The SMILES string of the molecule is CCc1cc2c(cc1N1CCN(C(=O)C3CCC3)CC1)C(C)(C)C1=C(C2=O)C2C=CC(C(C)CC)=CC2N1. The van der Waals surface area contributed by atoms with Gasteiger partial charge in [-0.2, -0.15) is 0 Å². The Morgan fingerprint density at radius 1 is 1.13 bits per heavy atom. The maximum Gasteiger partial charge on any atom is 0.225 e. The van der Waals surface area contributed by atoms with Crippen LogP contribution in [0.25, 0.3) is 0 Å². The molecule has 0 spiro atoms. The number of Topliss-reactive ketones (excluding diaryl/α,β-unsaturated/α-hetero) is 1. The van der Waals surface area contributed by atoms with Crippen LogP contribution < -0.4 is 10.2 Å². The fourth-order valence-electron chi connectivity index (χ4n) is 7.14. The van der Waals surface area contributed by atoms with E-state index in [0.29, 0.717) is 11.8 Å². The Labute approximate surface area is 228 Å². The largest absolute Gasteiger partial charge is 0.380 e. The van der Waals surface area contributed by atoms with Gasteiger partial charge in [0.2, 0.25) is 5.91 Å². The van der Waals surface area contributed by atoms with Crippen molar-refractivity contribution in [1.29, 1.82) is 0 Å². The lowest BCUT2D eigenvalue weighted by atomic mass is 9.69. The van der Waals surface area contributed by atoms with Gasteiger partial charge in [-0.3, -0.25) is 9.59 Å². The molecule has 5 aliphatic rings. The number of allylic oxidation sites excluding steroid dienone is 3. The van der Waals surface area contributed by atoms with Crippen LogP contribution in [0, 0.1) is 17.8 Å². The molecular weight excluding hydrogens is 470 g/mol. The van der Waals surface area contributed by atoms with Crippen molar-refractivity contribution in [3.05, 3.63) is 63.9 Å². The maximum atomic E-state index is 14.1. The molecule has 0 bridgehead atoms. The van der Waals surface area contributed by atoms with Crippen molar-refractivity contribution in [2.24, 2.45) is 17.8 Å². The minimum atomic E-state index is -0.281. The molecule has 1 N–H and O–H groups in total. The third-order valence-electron chi connectivity index (χ3n) is 10.1. The van der Waals surface area contributed by atoms with Crippen LogP contribution in [0.3, 0.4) is 0 Å². The third-order valence-corrected chi connectivity index (χ3v) is 10.1. The number of piperazine rings is 1. The summed E-state index contributed by atoms with van der Waals surface area (Å²) >= 11 is 0. The zero-order valence-corrected chi connectivity index (χ0v) is 23.8. The molecule has 3 aliphatic carbocycles. The van der Waals surface area contributed by atoms with E-state index >= 15 is 0 Å². The summed E-state index contributed by atoms with van der Waals surface area (Å²) in [5.41, 5.74) is 7.62. The molecular formula is C33H43N3O2. The highest BCUT2D eigenvalue weighted by atomic mass is 16.2. The Morgan fingerprint density at radius 2 is 1.87 bits per heavy atom. The molecule has 38 heavy (non-hydrogen) atoms. The van der Waals surface area contributed by atoms with Gasteiger partial charge >= 0.3 is 0 Å². The van der Waals surface area contributed by atoms with Crippen molar-refractivity contribution in [3.63, 3.8) is 0 Å². The first-order valence-electron chi connectivity index (χ1n) is 14.9. The summed E-state index contributed by atoms with van der Waals surface area (Å²) in [5, 5.41) is 3.81. The number of fused-ring (bicyclic) bond motifs is 3. The summed E-state index contributed by atoms with van der Waals surface area (Å²) in [6, 6.07) is 4.64. The lowest BCUT2D eigenvalue weighted by molar-refractivity contribution is -0.138. The molecule has 3 unspecified atom stereocenters. The highest BCUT2D eigenvalue weighted by Gasteiger charge is 2.48. The third kappa shape index (κ3) is 3.87. The Kier molecular flexibility index (Phi) is 6.32. The number of rotatable bonds is 5. The van der Waals surface area contributed by atoms with E-state index < -0.39 is 0 Å². The van der Waals surface area contributed by atoms with Crippen LogP contribution in [0.2, 0.25) is 0 Å². The minimum Gasteiger partial charge on any atom is -0.380 e. The number of benzene rings is 1. The molecule has 1 amide bonds. The molecule has 2 heterocycles. The lowest BCUT2D eigenvalue weighted by Gasteiger charge is -2.41. The van der Waals surface area contributed by atoms with Gasteiger partial charge in [-0.1, -0.05) is 59.3 Å². The number of carbonyl (C=O) groups excluding carboxylic acids is 2. The van der Waals surface area contributed by atoms with Crippen LogP contribution in [0.1, 0.15) is 81.8 Å². The first-order chi connectivity index (χ1) is 18.2. The summed E-state index contributed by atoms with van der Waals surface area (Å²) in [6.07, 6.45) is 12.2. The molecule has 3 atom stereocenters. The van der Waals surface area contributed by atoms with Crippen LogP contribution >= 0.6 is 0 Å². The number of hydrogen-bond donors (Lipinski definition) is 1. The molecule has 1 saturated carbocycles. The number of nitrogens with zero attached hydrogens (tertiary/aromatic N) is 2. The van der Waals surface area contributed by atoms with Crippen molar-refractivity contribution < 1.29 is 9.59 Å². The van der Waals surface area contributed by atoms with Crippen molar-refractivity contribution in [3.8, 4) is 0 Å². The quantitative estimate of drug-likeness (QED) is 0.560. The molecule has 202 valence electrons. The van der Waals surface area contributed by atoms with Gasteiger partial charge < -0.3 is 15.1 Å². The van der Waals surface area contributed by atoms with Crippen molar-refractivity contribution in [1.82, 2.24) is 10.2 Å². The molecule has 1 saturated heterocycles. The van der Waals surface area contributed by atoms with Crippen LogP contribution in [-0.4, -0.2) is 48.8 Å².